The molecule has 0 aliphatic carbocycles. The summed E-state index contributed by atoms with van der Waals surface area (Å²) in [7, 11) is 0. The van der Waals surface area contributed by atoms with E-state index in [9.17, 15) is 9.90 Å². The highest BCUT2D eigenvalue weighted by Gasteiger charge is 2.37. The molecule has 2 heterocycles. The van der Waals surface area contributed by atoms with Crippen LogP contribution in [0.25, 0.3) is 5.69 Å². The third kappa shape index (κ3) is 4.86. The van der Waals surface area contributed by atoms with E-state index in [1.54, 1.807) is 0 Å². The number of aliphatic hydroxyl groups excluding tert-OH is 1. The summed E-state index contributed by atoms with van der Waals surface area (Å²) in [6.07, 6.45) is 2.48. The van der Waals surface area contributed by atoms with Gasteiger partial charge in [0.25, 0.3) is 5.91 Å². The molecule has 4 rings (SSSR count). The van der Waals surface area contributed by atoms with Crippen molar-refractivity contribution in [2.75, 3.05) is 26.3 Å². The Bertz CT molecular complexity index is 1050. The van der Waals surface area contributed by atoms with Gasteiger partial charge in [-0.05, 0) is 75.6 Å². The number of likely N-dealkylation sites (tertiary alicyclic amines) is 1. The minimum Gasteiger partial charge on any atom is -0.494 e. The maximum atomic E-state index is 13.2. The summed E-state index contributed by atoms with van der Waals surface area (Å²) >= 11 is 0. The Hall–Kier alpha value is -3.12. The average Bonchev–Trinajstić information content (AvgIpc) is 3.17. The van der Waals surface area contributed by atoms with Crippen molar-refractivity contribution < 1.29 is 14.6 Å². The van der Waals surface area contributed by atoms with Gasteiger partial charge in [0.15, 0.2) is 0 Å². The quantitative estimate of drug-likeness (QED) is 0.607. The topological polar surface area (TPSA) is 67.6 Å². The van der Waals surface area contributed by atoms with Crippen LogP contribution in [-0.2, 0) is 0 Å². The molecule has 0 radical (unpaired) electrons. The normalized spacial score (nSPS) is 18.5. The van der Waals surface area contributed by atoms with E-state index in [-0.39, 0.29) is 17.9 Å². The maximum absolute atomic E-state index is 13.2. The van der Waals surface area contributed by atoms with Crippen LogP contribution in [-0.4, -0.2) is 52.0 Å². The highest BCUT2D eigenvalue weighted by atomic mass is 16.5. The maximum Gasteiger partial charge on any atom is 0.253 e. The number of aryl methyl sites for hydroxylation is 2. The van der Waals surface area contributed by atoms with E-state index < -0.39 is 0 Å². The Labute approximate surface area is 189 Å². The van der Waals surface area contributed by atoms with Crippen LogP contribution in [0, 0.1) is 19.3 Å². The van der Waals surface area contributed by atoms with Crippen molar-refractivity contribution in [3.8, 4) is 11.4 Å². The first-order chi connectivity index (χ1) is 15.5. The van der Waals surface area contributed by atoms with Gasteiger partial charge >= 0.3 is 0 Å². The predicted octanol–water partition coefficient (Wildman–Crippen LogP) is 4.17. The van der Waals surface area contributed by atoms with Crippen LogP contribution >= 0.6 is 0 Å². The van der Waals surface area contributed by atoms with Gasteiger partial charge in [-0.15, -0.1) is 0 Å². The van der Waals surface area contributed by atoms with E-state index in [1.165, 1.54) is 0 Å². The van der Waals surface area contributed by atoms with E-state index in [2.05, 4.69) is 5.10 Å². The van der Waals surface area contributed by atoms with Gasteiger partial charge in [-0.25, -0.2) is 4.68 Å². The van der Waals surface area contributed by atoms with Crippen molar-refractivity contribution in [1.29, 1.82) is 0 Å². The molecule has 32 heavy (non-hydrogen) atoms. The van der Waals surface area contributed by atoms with Crippen molar-refractivity contribution in [3.05, 3.63) is 77.6 Å². The number of hydrogen-bond acceptors (Lipinski definition) is 4. The number of aliphatic hydroxyl groups is 1. The summed E-state index contributed by atoms with van der Waals surface area (Å²) in [6, 6.07) is 19.3. The first kappa shape index (κ1) is 22.1. The molecule has 1 unspecified atom stereocenters. The summed E-state index contributed by atoms with van der Waals surface area (Å²) in [5.41, 5.74) is 3.29. The van der Waals surface area contributed by atoms with Gasteiger partial charge in [-0.3, -0.25) is 4.79 Å². The predicted molar refractivity (Wildman–Crippen MR) is 124 cm³/mol. The molecule has 1 fully saturated rings. The first-order valence-corrected chi connectivity index (χ1v) is 11.2. The number of para-hydroxylation sites is 1. The summed E-state index contributed by atoms with van der Waals surface area (Å²) in [6.45, 7) is 5.80. The molecule has 6 heteroatoms. The number of aromatic nitrogens is 2. The molecule has 1 N–H and O–H groups in total. The van der Waals surface area contributed by atoms with E-state index in [4.69, 9.17) is 4.74 Å². The Morgan fingerprint density at radius 2 is 1.88 bits per heavy atom. The fourth-order valence-electron chi connectivity index (χ4n) is 4.51. The van der Waals surface area contributed by atoms with Gasteiger partial charge in [0, 0.05) is 29.8 Å². The molecule has 1 aliphatic rings. The van der Waals surface area contributed by atoms with Crippen LogP contribution in [0.3, 0.4) is 0 Å². The lowest BCUT2D eigenvalue weighted by Crippen LogP contribution is -2.48. The van der Waals surface area contributed by atoms with E-state index in [1.807, 2.05) is 84.1 Å². The molecule has 1 atom stereocenters. The number of rotatable bonds is 7. The minimum atomic E-state index is -0.327. The van der Waals surface area contributed by atoms with Crippen LogP contribution in [0.4, 0.5) is 0 Å². The number of hydrogen-bond donors (Lipinski definition) is 1. The van der Waals surface area contributed by atoms with Gasteiger partial charge in [0.05, 0.1) is 24.6 Å². The molecule has 0 saturated carbocycles. The molecule has 0 spiro atoms. The molecule has 2 aromatic carbocycles. The highest BCUT2D eigenvalue weighted by Crippen LogP contribution is 2.34. The van der Waals surface area contributed by atoms with Crippen molar-refractivity contribution in [2.45, 2.75) is 33.1 Å². The van der Waals surface area contributed by atoms with E-state index >= 15 is 0 Å². The SMILES string of the molecule is Cc1cc(C)n(-c2ccc(C(=O)N3CCCC(CO)(CCOc4ccccc4)C3)cc2)n1. The average molecular weight is 434 g/mol. The third-order valence-electron chi connectivity index (χ3n) is 6.30. The molecule has 0 bridgehead atoms. The van der Waals surface area contributed by atoms with Crippen LogP contribution < -0.4 is 4.74 Å². The number of carbonyl (C=O) groups is 1. The van der Waals surface area contributed by atoms with Gasteiger partial charge in [-0.1, -0.05) is 18.2 Å². The fourth-order valence-corrected chi connectivity index (χ4v) is 4.51. The van der Waals surface area contributed by atoms with E-state index in [0.29, 0.717) is 31.7 Å². The molecule has 1 amide bonds. The third-order valence-corrected chi connectivity index (χ3v) is 6.30. The zero-order valence-corrected chi connectivity index (χ0v) is 18.8. The van der Waals surface area contributed by atoms with Crippen LogP contribution in [0.15, 0.2) is 60.7 Å². The highest BCUT2D eigenvalue weighted by molar-refractivity contribution is 5.94. The zero-order chi connectivity index (χ0) is 22.6. The van der Waals surface area contributed by atoms with Gasteiger partial charge in [0.2, 0.25) is 0 Å². The molecular formula is C26H31N3O3. The van der Waals surface area contributed by atoms with Gasteiger partial charge in [0.1, 0.15) is 5.75 Å². The summed E-state index contributed by atoms with van der Waals surface area (Å²) in [5, 5.41) is 14.7. The number of carbonyl (C=O) groups excluding carboxylic acids is 1. The lowest BCUT2D eigenvalue weighted by molar-refractivity contribution is 0.0156. The largest absolute Gasteiger partial charge is 0.494 e. The molecule has 1 saturated heterocycles. The second-order valence-electron chi connectivity index (χ2n) is 8.79. The zero-order valence-electron chi connectivity index (χ0n) is 18.8. The van der Waals surface area contributed by atoms with E-state index in [0.717, 1.165) is 35.7 Å². The fraction of sp³-hybridized carbons (Fsp3) is 0.385. The lowest BCUT2D eigenvalue weighted by Gasteiger charge is -2.42. The lowest BCUT2D eigenvalue weighted by atomic mass is 9.78. The number of benzene rings is 2. The number of nitrogens with zero attached hydrogens (tertiary/aromatic N) is 3. The molecule has 6 nitrogen and oxygen atoms in total. The standard InChI is InChI=1S/C26H31N3O3/c1-20-17-21(2)29(27-20)23-11-9-22(10-12-23)25(31)28-15-6-13-26(18-28,19-30)14-16-32-24-7-4-3-5-8-24/h3-5,7-12,17,30H,6,13-16,18-19H2,1-2H3. The van der Waals surface area contributed by atoms with Crippen molar-refractivity contribution in [1.82, 2.24) is 14.7 Å². The van der Waals surface area contributed by atoms with Gasteiger partial charge in [-0.2, -0.15) is 5.10 Å². The number of amides is 1. The van der Waals surface area contributed by atoms with Crippen LogP contribution in [0.5, 0.6) is 5.75 Å². The number of piperidine rings is 1. The second kappa shape index (κ2) is 9.57. The van der Waals surface area contributed by atoms with Crippen molar-refractivity contribution >= 4 is 5.91 Å². The van der Waals surface area contributed by atoms with Crippen molar-refractivity contribution in [3.63, 3.8) is 0 Å². The molecule has 168 valence electrons. The Balaban J connectivity index is 1.41. The molecule has 1 aliphatic heterocycles. The summed E-state index contributed by atoms with van der Waals surface area (Å²) in [5.74, 6) is 0.832. The smallest absolute Gasteiger partial charge is 0.253 e. The summed E-state index contributed by atoms with van der Waals surface area (Å²) in [4.78, 5) is 15.1. The van der Waals surface area contributed by atoms with Crippen LogP contribution in [0.2, 0.25) is 0 Å². The summed E-state index contributed by atoms with van der Waals surface area (Å²) < 4.78 is 7.74. The second-order valence-corrected chi connectivity index (χ2v) is 8.79. The Kier molecular flexibility index (Phi) is 6.61. The number of ether oxygens (including phenoxy) is 1. The molecule has 1 aromatic heterocycles. The first-order valence-electron chi connectivity index (χ1n) is 11.2. The molecular weight excluding hydrogens is 402 g/mol. The Morgan fingerprint density at radius 3 is 2.53 bits per heavy atom. The minimum absolute atomic E-state index is 0.00594. The van der Waals surface area contributed by atoms with Crippen LogP contribution in [0.1, 0.15) is 41.0 Å². The van der Waals surface area contributed by atoms with Gasteiger partial charge < -0.3 is 14.7 Å². The van der Waals surface area contributed by atoms with Crippen molar-refractivity contribution in [2.24, 2.45) is 5.41 Å². The Morgan fingerprint density at radius 1 is 1.12 bits per heavy atom. The molecule has 3 aromatic rings. The monoisotopic (exact) mass is 433 g/mol.